The van der Waals surface area contributed by atoms with E-state index in [0.717, 1.165) is 0 Å². The van der Waals surface area contributed by atoms with Crippen LogP contribution in [0.1, 0.15) is 30.4 Å². The van der Waals surface area contributed by atoms with Crippen molar-refractivity contribution in [2.75, 3.05) is 19.5 Å². The summed E-state index contributed by atoms with van der Waals surface area (Å²) in [7, 11) is 3.10. The molecule has 26 heavy (non-hydrogen) atoms. The van der Waals surface area contributed by atoms with Gasteiger partial charge in [-0.05, 0) is 32.0 Å². The molecule has 2 aromatic heterocycles. The molecule has 0 aliphatic rings. The van der Waals surface area contributed by atoms with Gasteiger partial charge in [-0.15, -0.1) is 5.10 Å². The van der Waals surface area contributed by atoms with Crippen molar-refractivity contribution >= 4 is 11.9 Å². The Morgan fingerprint density at radius 2 is 1.85 bits per heavy atom. The molecule has 0 atom stereocenters. The molecule has 9 heteroatoms. The molecule has 1 aromatic carbocycles. The smallest absolute Gasteiger partial charge is 0.322 e. The highest BCUT2D eigenvalue weighted by molar-refractivity contribution is 6.01. The first-order chi connectivity index (χ1) is 12.5. The quantitative estimate of drug-likeness (QED) is 0.723. The van der Waals surface area contributed by atoms with Crippen molar-refractivity contribution in [3.63, 3.8) is 0 Å². The van der Waals surface area contributed by atoms with Crippen molar-refractivity contribution in [3.05, 3.63) is 36.2 Å². The number of anilines is 1. The van der Waals surface area contributed by atoms with Crippen LogP contribution in [0.5, 0.6) is 11.5 Å². The largest absolute Gasteiger partial charge is 0.497 e. The third-order valence-corrected chi connectivity index (χ3v) is 3.64. The van der Waals surface area contributed by atoms with Gasteiger partial charge in [0.25, 0.3) is 5.91 Å². The fourth-order valence-electron chi connectivity index (χ4n) is 2.39. The maximum absolute atomic E-state index is 12.4. The van der Waals surface area contributed by atoms with E-state index in [1.165, 1.54) is 0 Å². The number of carbonyl (C=O) groups excluding carboxylic acids is 1. The minimum atomic E-state index is -0.380. The summed E-state index contributed by atoms with van der Waals surface area (Å²) in [5.41, 5.74) is 1.02. The van der Waals surface area contributed by atoms with Gasteiger partial charge in [0.2, 0.25) is 5.89 Å². The number of ether oxygens (including phenoxy) is 2. The van der Waals surface area contributed by atoms with E-state index < -0.39 is 0 Å². The predicted molar refractivity (Wildman–Crippen MR) is 93.4 cm³/mol. The molecule has 0 saturated heterocycles. The van der Waals surface area contributed by atoms with Crippen molar-refractivity contribution in [1.82, 2.24) is 20.0 Å². The van der Waals surface area contributed by atoms with Gasteiger partial charge in [0.15, 0.2) is 0 Å². The molecule has 0 unspecified atom stereocenters. The monoisotopic (exact) mass is 357 g/mol. The second-order valence-electron chi connectivity index (χ2n) is 5.72. The number of rotatable bonds is 6. The highest BCUT2D eigenvalue weighted by atomic mass is 16.5. The molecule has 0 radical (unpaired) electrons. The molecule has 0 spiro atoms. The first kappa shape index (κ1) is 17.5. The van der Waals surface area contributed by atoms with Crippen LogP contribution in [0.3, 0.4) is 0 Å². The normalized spacial score (nSPS) is 10.8. The predicted octanol–water partition coefficient (Wildman–Crippen LogP) is 2.78. The number of aromatic nitrogens is 4. The maximum Gasteiger partial charge on any atom is 0.322 e. The Bertz CT molecular complexity index is 893. The van der Waals surface area contributed by atoms with E-state index in [0.29, 0.717) is 22.8 Å². The summed E-state index contributed by atoms with van der Waals surface area (Å²) in [6.45, 7) is 3.87. The zero-order valence-corrected chi connectivity index (χ0v) is 14.9. The number of benzene rings is 1. The average molecular weight is 357 g/mol. The van der Waals surface area contributed by atoms with Crippen molar-refractivity contribution in [1.29, 1.82) is 0 Å². The molecule has 0 aliphatic heterocycles. The summed E-state index contributed by atoms with van der Waals surface area (Å²) in [6, 6.07) is 6.86. The first-order valence-corrected chi connectivity index (χ1v) is 7.93. The summed E-state index contributed by atoms with van der Waals surface area (Å²) < 4.78 is 17.6. The highest BCUT2D eigenvalue weighted by Crippen LogP contribution is 2.29. The SMILES string of the molecule is COc1cc(OC)cc(-c2nnc(NC(=O)c3ccnn3C(C)C)o2)c1. The van der Waals surface area contributed by atoms with Crippen LogP contribution in [-0.4, -0.2) is 40.1 Å². The van der Waals surface area contributed by atoms with Crippen LogP contribution in [0.15, 0.2) is 34.9 Å². The average Bonchev–Trinajstić information content (AvgIpc) is 3.30. The highest BCUT2D eigenvalue weighted by Gasteiger charge is 2.18. The van der Waals surface area contributed by atoms with Crippen LogP contribution in [0.2, 0.25) is 0 Å². The van der Waals surface area contributed by atoms with Gasteiger partial charge in [0.05, 0.1) is 14.2 Å². The summed E-state index contributed by atoms with van der Waals surface area (Å²) in [4.78, 5) is 12.4. The van der Waals surface area contributed by atoms with Crippen LogP contribution < -0.4 is 14.8 Å². The van der Waals surface area contributed by atoms with E-state index in [1.807, 2.05) is 13.8 Å². The Hall–Kier alpha value is -3.36. The second kappa shape index (κ2) is 7.26. The van der Waals surface area contributed by atoms with Crippen molar-refractivity contribution < 1.29 is 18.7 Å². The zero-order chi connectivity index (χ0) is 18.7. The molecule has 0 fully saturated rings. The molecule has 1 amide bonds. The van der Waals surface area contributed by atoms with Crippen LogP contribution in [-0.2, 0) is 0 Å². The number of nitrogens with zero attached hydrogens (tertiary/aromatic N) is 4. The van der Waals surface area contributed by atoms with Gasteiger partial charge < -0.3 is 13.9 Å². The van der Waals surface area contributed by atoms with Crippen LogP contribution in [0.4, 0.5) is 6.01 Å². The van der Waals surface area contributed by atoms with Gasteiger partial charge in [-0.25, -0.2) is 0 Å². The third-order valence-electron chi connectivity index (χ3n) is 3.64. The Balaban J connectivity index is 1.82. The van der Waals surface area contributed by atoms with Crippen LogP contribution in [0.25, 0.3) is 11.5 Å². The van der Waals surface area contributed by atoms with Crippen molar-refractivity contribution in [2.24, 2.45) is 0 Å². The minimum Gasteiger partial charge on any atom is -0.497 e. The molecule has 9 nitrogen and oxygen atoms in total. The number of amides is 1. The minimum absolute atomic E-state index is 0.0108. The number of hydrogen-bond donors (Lipinski definition) is 1. The lowest BCUT2D eigenvalue weighted by Crippen LogP contribution is -2.19. The van der Waals surface area contributed by atoms with Gasteiger partial charge >= 0.3 is 6.01 Å². The summed E-state index contributed by atoms with van der Waals surface area (Å²) in [5.74, 6) is 1.03. The molecule has 1 N–H and O–H groups in total. The molecule has 2 heterocycles. The summed E-state index contributed by atoms with van der Waals surface area (Å²) in [6.07, 6.45) is 1.57. The molecular weight excluding hydrogens is 338 g/mol. The molecule has 3 aromatic rings. The topological polar surface area (TPSA) is 104 Å². The maximum atomic E-state index is 12.4. The Labute approximate surface area is 149 Å². The van der Waals surface area contributed by atoms with Gasteiger partial charge in [-0.1, -0.05) is 5.10 Å². The van der Waals surface area contributed by atoms with Crippen LogP contribution in [0, 0.1) is 0 Å². The molecular formula is C17H19N5O4. The number of methoxy groups -OCH3 is 2. The fourth-order valence-corrected chi connectivity index (χ4v) is 2.39. The lowest BCUT2D eigenvalue weighted by Gasteiger charge is -2.09. The van der Waals surface area contributed by atoms with Gasteiger partial charge in [0.1, 0.15) is 17.2 Å². The standard InChI is InChI=1S/C17H19N5O4/c1-10(2)22-14(5-6-18-22)15(23)19-17-21-20-16(26-17)11-7-12(24-3)9-13(8-11)25-4/h5-10H,1-4H3,(H,19,21,23). The molecule has 0 bridgehead atoms. The lowest BCUT2D eigenvalue weighted by atomic mass is 10.2. The third kappa shape index (κ3) is 3.51. The van der Waals surface area contributed by atoms with Gasteiger partial charge in [0, 0.05) is 23.9 Å². The van der Waals surface area contributed by atoms with Crippen LogP contribution >= 0.6 is 0 Å². The summed E-state index contributed by atoms with van der Waals surface area (Å²) >= 11 is 0. The molecule has 0 aliphatic carbocycles. The van der Waals surface area contributed by atoms with Gasteiger partial charge in [-0.2, -0.15) is 5.10 Å². The van der Waals surface area contributed by atoms with E-state index in [2.05, 4.69) is 20.6 Å². The second-order valence-corrected chi connectivity index (χ2v) is 5.72. The lowest BCUT2D eigenvalue weighted by molar-refractivity contribution is 0.101. The first-order valence-electron chi connectivity index (χ1n) is 7.93. The van der Waals surface area contributed by atoms with Crippen molar-refractivity contribution in [3.8, 4) is 23.0 Å². The molecule has 0 saturated carbocycles. The summed E-state index contributed by atoms with van der Waals surface area (Å²) in [5, 5.41) is 14.5. The molecule has 136 valence electrons. The Morgan fingerprint density at radius 3 is 2.46 bits per heavy atom. The number of carbonyl (C=O) groups is 1. The van der Waals surface area contributed by atoms with E-state index in [9.17, 15) is 4.79 Å². The van der Waals surface area contributed by atoms with E-state index in [4.69, 9.17) is 13.9 Å². The van der Waals surface area contributed by atoms with E-state index >= 15 is 0 Å². The van der Waals surface area contributed by atoms with Crippen molar-refractivity contribution in [2.45, 2.75) is 19.9 Å². The number of hydrogen-bond acceptors (Lipinski definition) is 7. The van der Waals surface area contributed by atoms with E-state index in [1.54, 1.807) is 49.4 Å². The number of nitrogens with one attached hydrogen (secondary N) is 1. The molecule has 3 rings (SSSR count). The Kier molecular flexibility index (Phi) is 4.87. The van der Waals surface area contributed by atoms with E-state index in [-0.39, 0.29) is 23.9 Å². The zero-order valence-electron chi connectivity index (χ0n) is 14.9. The van der Waals surface area contributed by atoms with Gasteiger partial charge in [-0.3, -0.25) is 14.8 Å². The fraction of sp³-hybridized carbons (Fsp3) is 0.294. The Morgan fingerprint density at radius 1 is 1.15 bits per heavy atom.